The summed E-state index contributed by atoms with van der Waals surface area (Å²) in [5, 5.41) is 6.59. The van der Waals surface area contributed by atoms with Gasteiger partial charge < -0.3 is 19.3 Å². The van der Waals surface area contributed by atoms with Crippen molar-refractivity contribution in [2.24, 2.45) is 0 Å². The molecule has 1 N–H and O–H groups in total. The maximum atomic E-state index is 13.7. The first kappa shape index (κ1) is 19.4. The van der Waals surface area contributed by atoms with Crippen LogP contribution >= 0.6 is 0 Å². The number of hydrogen-bond donors (Lipinski definition) is 1. The number of amides is 1. The topological polar surface area (TPSA) is 73.6 Å². The van der Waals surface area contributed by atoms with E-state index in [1.54, 1.807) is 36.4 Å². The van der Waals surface area contributed by atoms with E-state index in [1.807, 2.05) is 13.8 Å². The molecular weight excluding hydrogens is 363 g/mol. The number of nitrogens with one attached hydrogen (secondary N) is 1. The second-order valence-corrected chi connectivity index (χ2v) is 6.23. The quantitative estimate of drug-likeness (QED) is 0.668. The highest BCUT2D eigenvalue weighted by atomic mass is 19.1. The number of carbonyl (C=O) groups is 1. The molecule has 0 spiro atoms. The molecule has 0 aliphatic rings. The van der Waals surface area contributed by atoms with E-state index < -0.39 is 0 Å². The van der Waals surface area contributed by atoms with Crippen LogP contribution in [0.15, 0.2) is 47.0 Å². The lowest BCUT2D eigenvalue weighted by Crippen LogP contribution is -2.23. The minimum atomic E-state index is -0.358. The summed E-state index contributed by atoms with van der Waals surface area (Å²) < 4.78 is 29.9. The van der Waals surface area contributed by atoms with Crippen LogP contribution in [0.1, 0.15) is 32.9 Å². The molecular formula is C21H21FN2O4. The standard InChI is InChI=1S/C21H21FN2O4/c1-13-17(14(2)28-24-13)12-27-19-9-8-15(10-20(19)26-3)21(25)23-11-16-6-4-5-7-18(16)22/h4-10H,11-12H2,1-3H3,(H,23,25). The van der Waals surface area contributed by atoms with E-state index in [1.165, 1.54) is 13.2 Å². The number of aryl methyl sites for hydroxylation is 2. The number of carbonyl (C=O) groups excluding carboxylic acids is 1. The van der Waals surface area contributed by atoms with Gasteiger partial charge in [-0.05, 0) is 38.1 Å². The fourth-order valence-electron chi connectivity index (χ4n) is 2.71. The zero-order chi connectivity index (χ0) is 20.1. The third-order valence-corrected chi connectivity index (χ3v) is 4.38. The number of aromatic nitrogens is 1. The van der Waals surface area contributed by atoms with Crippen molar-refractivity contribution >= 4 is 5.91 Å². The Balaban J connectivity index is 1.68. The van der Waals surface area contributed by atoms with Gasteiger partial charge in [-0.1, -0.05) is 23.4 Å². The van der Waals surface area contributed by atoms with Gasteiger partial charge in [0.25, 0.3) is 5.91 Å². The molecule has 0 atom stereocenters. The minimum Gasteiger partial charge on any atom is -0.493 e. The van der Waals surface area contributed by atoms with Gasteiger partial charge in [-0.15, -0.1) is 0 Å². The molecule has 146 valence electrons. The predicted octanol–water partition coefficient (Wildman–Crippen LogP) is 3.95. The molecule has 0 aliphatic carbocycles. The molecule has 0 radical (unpaired) electrons. The van der Waals surface area contributed by atoms with Crippen molar-refractivity contribution in [3.8, 4) is 11.5 Å². The zero-order valence-electron chi connectivity index (χ0n) is 15.9. The number of nitrogens with zero attached hydrogens (tertiary/aromatic N) is 1. The Kier molecular flexibility index (Phi) is 5.93. The van der Waals surface area contributed by atoms with Gasteiger partial charge in [-0.2, -0.15) is 0 Å². The fourth-order valence-corrected chi connectivity index (χ4v) is 2.71. The first-order valence-corrected chi connectivity index (χ1v) is 8.73. The lowest BCUT2D eigenvalue weighted by Gasteiger charge is -2.12. The fraction of sp³-hybridized carbons (Fsp3) is 0.238. The third-order valence-electron chi connectivity index (χ3n) is 4.38. The summed E-state index contributed by atoms with van der Waals surface area (Å²) in [4.78, 5) is 12.4. The smallest absolute Gasteiger partial charge is 0.251 e. The highest BCUT2D eigenvalue weighted by molar-refractivity contribution is 5.94. The second-order valence-electron chi connectivity index (χ2n) is 6.23. The van der Waals surface area contributed by atoms with Crippen LogP contribution in [0.5, 0.6) is 11.5 Å². The van der Waals surface area contributed by atoms with Gasteiger partial charge in [0.15, 0.2) is 11.5 Å². The van der Waals surface area contributed by atoms with Crippen molar-refractivity contribution in [1.82, 2.24) is 10.5 Å². The summed E-state index contributed by atoms with van der Waals surface area (Å²) in [6, 6.07) is 11.2. The summed E-state index contributed by atoms with van der Waals surface area (Å²) >= 11 is 0. The summed E-state index contributed by atoms with van der Waals surface area (Å²) in [6.45, 7) is 4.03. The van der Waals surface area contributed by atoms with Gasteiger partial charge in [0, 0.05) is 17.7 Å². The average molecular weight is 384 g/mol. The Hall–Kier alpha value is -3.35. The Morgan fingerprint density at radius 3 is 2.64 bits per heavy atom. The van der Waals surface area contributed by atoms with Crippen molar-refractivity contribution in [1.29, 1.82) is 0 Å². The third kappa shape index (κ3) is 4.31. The second kappa shape index (κ2) is 8.56. The molecule has 0 fully saturated rings. The minimum absolute atomic E-state index is 0.0954. The Morgan fingerprint density at radius 2 is 1.96 bits per heavy atom. The predicted molar refractivity (Wildman–Crippen MR) is 101 cm³/mol. The first-order chi connectivity index (χ1) is 13.5. The van der Waals surface area contributed by atoms with Crippen molar-refractivity contribution < 1.29 is 23.2 Å². The van der Waals surface area contributed by atoms with Crippen LogP contribution in [-0.2, 0) is 13.2 Å². The summed E-state index contributed by atoms with van der Waals surface area (Å²) in [5.41, 5.74) is 2.44. The van der Waals surface area contributed by atoms with Crippen LogP contribution < -0.4 is 14.8 Å². The van der Waals surface area contributed by atoms with Crippen LogP contribution in [0, 0.1) is 19.7 Å². The van der Waals surface area contributed by atoms with Gasteiger partial charge >= 0.3 is 0 Å². The van der Waals surface area contributed by atoms with E-state index in [2.05, 4.69) is 10.5 Å². The summed E-state index contributed by atoms with van der Waals surface area (Å²) in [6.07, 6.45) is 0. The normalized spacial score (nSPS) is 10.6. The maximum absolute atomic E-state index is 13.7. The molecule has 1 amide bonds. The SMILES string of the molecule is COc1cc(C(=O)NCc2ccccc2F)ccc1OCc1c(C)noc1C. The first-order valence-electron chi connectivity index (χ1n) is 8.73. The van der Waals surface area contributed by atoms with E-state index in [0.29, 0.717) is 28.4 Å². The molecule has 0 unspecified atom stereocenters. The van der Waals surface area contributed by atoms with E-state index in [-0.39, 0.29) is 24.9 Å². The zero-order valence-corrected chi connectivity index (χ0v) is 15.9. The number of rotatable bonds is 7. The van der Waals surface area contributed by atoms with Crippen molar-refractivity contribution in [2.75, 3.05) is 7.11 Å². The molecule has 6 nitrogen and oxygen atoms in total. The van der Waals surface area contributed by atoms with E-state index in [0.717, 1.165) is 11.3 Å². The van der Waals surface area contributed by atoms with Gasteiger partial charge in [-0.3, -0.25) is 4.79 Å². The van der Waals surface area contributed by atoms with Crippen molar-refractivity contribution in [3.05, 3.63) is 76.4 Å². The molecule has 28 heavy (non-hydrogen) atoms. The van der Waals surface area contributed by atoms with Crippen molar-refractivity contribution in [2.45, 2.75) is 27.0 Å². The largest absolute Gasteiger partial charge is 0.493 e. The van der Waals surface area contributed by atoms with Crippen LogP contribution in [0.2, 0.25) is 0 Å². The van der Waals surface area contributed by atoms with Crippen LogP contribution in [-0.4, -0.2) is 18.2 Å². The van der Waals surface area contributed by atoms with Gasteiger partial charge in [0.05, 0.1) is 18.4 Å². The monoisotopic (exact) mass is 384 g/mol. The summed E-state index contributed by atoms with van der Waals surface area (Å²) in [5.74, 6) is 0.918. The number of ether oxygens (including phenoxy) is 2. The number of hydrogen-bond acceptors (Lipinski definition) is 5. The molecule has 0 saturated carbocycles. The Labute approximate surface area is 162 Å². The van der Waals surface area contributed by atoms with Crippen LogP contribution in [0.4, 0.5) is 4.39 Å². The number of benzene rings is 2. The van der Waals surface area contributed by atoms with Crippen LogP contribution in [0.3, 0.4) is 0 Å². The van der Waals surface area contributed by atoms with Crippen molar-refractivity contribution in [3.63, 3.8) is 0 Å². The molecule has 3 aromatic rings. The lowest BCUT2D eigenvalue weighted by molar-refractivity contribution is 0.0950. The molecule has 0 aliphatic heterocycles. The maximum Gasteiger partial charge on any atom is 0.251 e. The number of halogens is 1. The molecule has 7 heteroatoms. The molecule has 3 rings (SSSR count). The molecule has 2 aromatic carbocycles. The Morgan fingerprint density at radius 1 is 1.18 bits per heavy atom. The molecule has 0 saturated heterocycles. The molecule has 0 bridgehead atoms. The van der Waals surface area contributed by atoms with E-state index in [4.69, 9.17) is 14.0 Å². The molecule has 1 heterocycles. The van der Waals surface area contributed by atoms with Crippen LogP contribution in [0.25, 0.3) is 0 Å². The highest BCUT2D eigenvalue weighted by Gasteiger charge is 2.14. The van der Waals surface area contributed by atoms with E-state index in [9.17, 15) is 9.18 Å². The summed E-state index contributed by atoms with van der Waals surface area (Å²) in [7, 11) is 1.50. The van der Waals surface area contributed by atoms with E-state index >= 15 is 0 Å². The highest BCUT2D eigenvalue weighted by Crippen LogP contribution is 2.29. The number of methoxy groups -OCH3 is 1. The van der Waals surface area contributed by atoms with Gasteiger partial charge in [0.2, 0.25) is 0 Å². The lowest BCUT2D eigenvalue weighted by atomic mass is 10.1. The molecule has 1 aromatic heterocycles. The van der Waals surface area contributed by atoms with Gasteiger partial charge in [-0.25, -0.2) is 4.39 Å². The van der Waals surface area contributed by atoms with Gasteiger partial charge in [0.1, 0.15) is 18.2 Å². The Bertz CT molecular complexity index is 965. The average Bonchev–Trinajstić information content (AvgIpc) is 3.03.